The zero-order valence-corrected chi connectivity index (χ0v) is 11.8. The van der Waals surface area contributed by atoms with Gasteiger partial charge in [0.25, 0.3) is 0 Å². The van der Waals surface area contributed by atoms with E-state index < -0.39 is 0 Å². The third kappa shape index (κ3) is 2.57. The number of nitrogens with zero attached hydrogens (tertiary/aromatic N) is 2. The lowest BCUT2D eigenvalue weighted by Crippen LogP contribution is -2.20. The summed E-state index contributed by atoms with van der Waals surface area (Å²) in [7, 11) is 3.67. The van der Waals surface area contributed by atoms with Crippen molar-refractivity contribution < 1.29 is 4.74 Å². The van der Waals surface area contributed by atoms with Crippen molar-refractivity contribution in [1.29, 1.82) is 0 Å². The van der Waals surface area contributed by atoms with Crippen molar-refractivity contribution in [1.82, 2.24) is 15.1 Å². The quantitative estimate of drug-likeness (QED) is 0.873. The number of hydrogen-bond donors (Lipinski definition) is 1. The normalized spacial score (nSPS) is 12.6. The second-order valence-electron chi connectivity index (χ2n) is 4.09. The van der Waals surface area contributed by atoms with Crippen molar-refractivity contribution in [3.8, 4) is 5.75 Å². The lowest BCUT2D eigenvalue weighted by molar-refractivity contribution is 0.416. The van der Waals surface area contributed by atoms with Crippen LogP contribution in [0, 0.1) is 0 Å². The zero-order valence-electron chi connectivity index (χ0n) is 11.0. The second kappa shape index (κ2) is 6.02. The van der Waals surface area contributed by atoms with Gasteiger partial charge in [-0.3, -0.25) is 4.68 Å². The monoisotopic (exact) mass is 265 g/mol. The highest BCUT2D eigenvalue weighted by molar-refractivity contribution is 7.10. The van der Waals surface area contributed by atoms with Crippen LogP contribution in [0.15, 0.2) is 23.7 Å². The van der Waals surface area contributed by atoms with Crippen LogP contribution in [0.4, 0.5) is 0 Å². The third-order valence-corrected chi connectivity index (χ3v) is 3.86. The maximum atomic E-state index is 5.24. The Morgan fingerprint density at radius 2 is 2.39 bits per heavy atom. The Kier molecular flexibility index (Phi) is 4.38. The molecule has 0 aliphatic heterocycles. The van der Waals surface area contributed by atoms with Gasteiger partial charge in [0.05, 0.1) is 18.8 Å². The predicted molar refractivity (Wildman–Crippen MR) is 74.3 cm³/mol. The molecule has 18 heavy (non-hydrogen) atoms. The van der Waals surface area contributed by atoms with Crippen LogP contribution in [0.1, 0.15) is 30.0 Å². The molecule has 2 aromatic rings. The van der Waals surface area contributed by atoms with Gasteiger partial charge in [0.15, 0.2) is 0 Å². The Morgan fingerprint density at radius 3 is 3.00 bits per heavy atom. The fourth-order valence-corrected chi connectivity index (χ4v) is 2.99. The number of nitrogens with one attached hydrogen (secondary N) is 1. The van der Waals surface area contributed by atoms with E-state index in [0.29, 0.717) is 0 Å². The molecule has 0 radical (unpaired) electrons. The molecule has 0 saturated carbocycles. The van der Waals surface area contributed by atoms with Crippen molar-refractivity contribution in [2.24, 2.45) is 0 Å². The fraction of sp³-hybridized carbons (Fsp3) is 0.462. The number of rotatable bonds is 6. The second-order valence-corrected chi connectivity index (χ2v) is 5.03. The molecule has 2 heterocycles. The van der Waals surface area contributed by atoms with Gasteiger partial charge in [-0.2, -0.15) is 5.10 Å². The van der Waals surface area contributed by atoms with E-state index in [1.165, 1.54) is 10.6 Å². The van der Waals surface area contributed by atoms with Crippen molar-refractivity contribution in [3.05, 3.63) is 34.3 Å². The Balaban J connectivity index is 2.29. The molecule has 5 heteroatoms. The van der Waals surface area contributed by atoms with E-state index in [9.17, 15) is 0 Å². The van der Waals surface area contributed by atoms with Gasteiger partial charge < -0.3 is 10.1 Å². The molecule has 0 aromatic carbocycles. The number of thiophene rings is 1. The summed E-state index contributed by atoms with van der Waals surface area (Å²) in [6.45, 7) is 3.11. The first-order valence-corrected chi connectivity index (χ1v) is 6.99. The fourth-order valence-electron chi connectivity index (χ4n) is 2.02. The molecule has 0 saturated heterocycles. The Hall–Kier alpha value is -1.33. The van der Waals surface area contributed by atoms with Crippen LogP contribution in [0.5, 0.6) is 5.75 Å². The van der Waals surface area contributed by atoms with Gasteiger partial charge in [0.1, 0.15) is 5.75 Å². The summed E-state index contributed by atoms with van der Waals surface area (Å²) in [6, 6.07) is 4.32. The molecule has 4 nitrogen and oxygen atoms in total. The first-order valence-electron chi connectivity index (χ1n) is 6.11. The van der Waals surface area contributed by atoms with Gasteiger partial charge >= 0.3 is 0 Å². The van der Waals surface area contributed by atoms with Gasteiger partial charge in [0.2, 0.25) is 0 Å². The summed E-state index contributed by atoms with van der Waals surface area (Å²) in [5, 5.41) is 9.76. The number of hydrogen-bond acceptors (Lipinski definition) is 4. The van der Waals surface area contributed by atoms with E-state index in [-0.39, 0.29) is 6.04 Å². The van der Waals surface area contributed by atoms with Gasteiger partial charge in [-0.1, -0.05) is 6.92 Å². The molecule has 0 amide bonds. The van der Waals surface area contributed by atoms with E-state index >= 15 is 0 Å². The number of methoxy groups -OCH3 is 1. The summed E-state index contributed by atoms with van der Waals surface area (Å²) < 4.78 is 7.31. The van der Waals surface area contributed by atoms with E-state index in [4.69, 9.17) is 4.74 Å². The van der Waals surface area contributed by atoms with Gasteiger partial charge in [0, 0.05) is 23.0 Å². The lowest BCUT2D eigenvalue weighted by atomic mass is 10.1. The largest absolute Gasteiger partial charge is 0.496 e. The molecule has 0 aliphatic rings. The van der Waals surface area contributed by atoms with Crippen molar-refractivity contribution >= 4 is 11.3 Å². The van der Waals surface area contributed by atoms with Crippen LogP contribution in [0.2, 0.25) is 0 Å². The van der Waals surface area contributed by atoms with Crippen LogP contribution in [-0.4, -0.2) is 23.9 Å². The molecule has 98 valence electrons. The minimum absolute atomic E-state index is 0.174. The van der Waals surface area contributed by atoms with Crippen molar-refractivity contribution in [2.75, 3.05) is 14.2 Å². The smallest absolute Gasteiger partial charge is 0.129 e. The number of aryl methyl sites for hydroxylation is 1. The average molecular weight is 265 g/mol. The summed E-state index contributed by atoms with van der Waals surface area (Å²) in [5.41, 5.74) is 1.20. The molecule has 0 fully saturated rings. The Labute approximate surface area is 112 Å². The third-order valence-electron chi connectivity index (χ3n) is 2.89. The molecule has 1 unspecified atom stereocenters. The first kappa shape index (κ1) is 13.1. The molecular formula is C13H19N3OS. The van der Waals surface area contributed by atoms with Crippen LogP contribution in [-0.2, 0) is 6.54 Å². The highest BCUT2D eigenvalue weighted by atomic mass is 32.1. The zero-order chi connectivity index (χ0) is 13.0. The SMILES string of the molecule is CCCn1nccc1C(NC)c1cc(OC)cs1. The van der Waals surface area contributed by atoms with Gasteiger partial charge in [-0.25, -0.2) is 0 Å². The standard InChI is InChI=1S/C13H19N3OS/c1-4-7-16-11(5-6-15-16)13(14-2)12-8-10(17-3)9-18-12/h5-6,8-9,13-14H,4,7H2,1-3H3. The molecule has 1 N–H and O–H groups in total. The minimum atomic E-state index is 0.174. The molecular weight excluding hydrogens is 246 g/mol. The molecule has 0 spiro atoms. The summed E-state index contributed by atoms with van der Waals surface area (Å²) in [5.74, 6) is 0.914. The molecule has 2 aromatic heterocycles. The summed E-state index contributed by atoms with van der Waals surface area (Å²) >= 11 is 1.70. The topological polar surface area (TPSA) is 39.1 Å². The highest BCUT2D eigenvalue weighted by Gasteiger charge is 2.18. The number of ether oxygens (including phenoxy) is 1. The van der Waals surface area contributed by atoms with E-state index in [2.05, 4.69) is 34.2 Å². The predicted octanol–water partition coefficient (Wildman–Crippen LogP) is 2.67. The average Bonchev–Trinajstić information content (AvgIpc) is 3.01. The van der Waals surface area contributed by atoms with Crippen LogP contribution < -0.4 is 10.1 Å². The Morgan fingerprint density at radius 1 is 1.56 bits per heavy atom. The lowest BCUT2D eigenvalue weighted by Gasteiger charge is -2.16. The van der Waals surface area contributed by atoms with Crippen LogP contribution in [0.3, 0.4) is 0 Å². The highest BCUT2D eigenvalue weighted by Crippen LogP contribution is 2.30. The summed E-state index contributed by atoms with van der Waals surface area (Å²) in [6.07, 6.45) is 2.94. The maximum Gasteiger partial charge on any atom is 0.129 e. The van der Waals surface area contributed by atoms with Crippen molar-refractivity contribution in [3.63, 3.8) is 0 Å². The van der Waals surface area contributed by atoms with Crippen molar-refractivity contribution in [2.45, 2.75) is 25.9 Å². The van der Waals surface area contributed by atoms with E-state index in [0.717, 1.165) is 18.7 Å². The van der Waals surface area contributed by atoms with Gasteiger partial charge in [-0.05, 0) is 25.6 Å². The Bertz CT molecular complexity index is 492. The summed E-state index contributed by atoms with van der Waals surface area (Å²) in [4.78, 5) is 1.24. The first-order chi connectivity index (χ1) is 8.80. The molecule has 0 bridgehead atoms. The molecule has 0 aliphatic carbocycles. The van der Waals surface area contributed by atoms with E-state index in [1.54, 1.807) is 18.4 Å². The maximum absolute atomic E-state index is 5.24. The molecule has 1 atom stereocenters. The molecule has 2 rings (SSSR count). The van der Waals surface area contributed by atoms with Crippen LogP contribution in [0.25, 0.3) is 0 Å². The van der Waals surface area contributed by atoms with Crippen LogP contribution >= 0.6 is 11.3 Å². The number of aromatic nitrogens is 2. The van der Waals surface area contributed by atoms with Gasteiger partial charge in [-0.15, -0.1) is 11.3 Å². The van der Waals surface area contributed by atoms with E-state index in [1.807, 2.05) is 18.6 Å². The minimum Gasteiger partial charge on any atom is -0.496 e.